The Balaban J connectivity index is 1.97. The Morgan fingerprint density at radius 3 is 2.71 bits per heavy atom. The van der Waals surface area contributed by atoms with Gasteiger partial charge in [0.25, 0.3) is 0 Å². The number of H-pyrrole nitrogens is 1. The second-order valence-corrected chi connectivity index (χ2v) is 7.49. The maximum absolute atomic E-state index is 13.3. The van der Waals surface area contributed by atoms with E-state index in [0.717, 1.165) is 33.3 Å². The monoisotopic (exact) mass is 368 g/mol. The van der Waals surface area contributed by atoms with Crippen LogP contribution >= 0.6 is 0 Å². The number of hydrogen-bond acceptors (Lipinski definition) is 4. The van der Waals surface area contributed by atoms with Crippen molar-refractivity contribution in [2.24, 2.45) is 0 Å². The largest absolute Gasteiger partial charge is 0.393 e. The number of rotatable bonds is 3. The molecule has 0 bridgehead atoms. The van der Waals surface area contributed by atoms with E-state index in [1.807, 2.05) is 24.3 Å². The van der Waals surface area contributed by atoms with E-state index < -0.39 is 5.41 Å². The SMILES string of the molecule is CN/C=C(\C=N)c1ccc2c(c1)C(C)(C)c1[nH]c3cc(C#N)ccc3c1C2=O. The van der Waals surface area contributed by atoms with Crippen molar-refractivity contribution in [1.29, 1.82) is 10.7 Å². The number of hydrogen-bond donors (Lipinski definition) is 3. The zero-order valence-corrected chi connectivity index (χ0v) is 16.0. The smallest absolute Gasteiger partial charge is 0.195 e. The van der Waals surface area contributed by atoms with E-state index in [0.29, 0.717) is 16.7 Å². The van der Waals surface area contributed by atoms with E-state index in [4.69, 9.17) is 5.41 Å². The summed E-state index contributed by atoms with van der Waals surface area (Å²) in [6, 6.07) is 13.3. The molecule has 0 saturated heterocycles. The normalized spacial score (nSPS) is 14.9. The Kier molecular flexibility index (Phi) is 3.93. The molecule has 4 rings (SSSR count). The van der Waals surface area contributed by atoms with Gasteiger partial charge in [-0.1, -0.05) is 32.0 Å². The van der Waals surface area contributed by atoms with Gasteiger partial charge in [0.05, 0.1) is 17.2 Å². The molecule has 3 aromatic rings. The molecule has 0 radical (unpaired) electrons. The molecule has 0 fully saturated rings. The van der Waals surface area contributed by atoms with E-state index in [-0.39, 0.29) is 5.78 Å². The molecule has 1 aliphatic rings. The standard InChI is InChI=1S/C23H20N4O/c1-23(2)18-9-14(15(11-25)12-26-3)5-7-16(18)21(28)20-17-6-4-13(10-24)8-19(17)27-22(20)23/h4-9,11-12,25-27H,1-3H3/b15-12+,25-11?. The molecule has 0 amide bonds. The molecule has 2 aromatic carbocycles. The minimum absolute atomic E-state index is 0.0131. The van der Waals surface area contributed by atoms with Crippen molar-refractivity contribution in [2.75, 3.05) is 7.05 Å². The predicted molar refractivity (Wildman–Crippen MR) is 111 cm³/mol. The molecule has 1 aliphatic carbocycles. The Bertz CT molecular complexity index is 1220. The van der Waals surface area contributed by atoms with Crippen LogP contribution in [0.15, 0.2) is 42.6 Å². The van der Waals surface area contributed by atoms with Gasteiger partial charge in [0.1, 0.15) is 0 Å². The number of aromatic nitrogens is 1. The van der Waals surface area contributed by atoms with E-state index in [2.05, 4.69) is 30.2 Å². The third-order valence-corrected chi connectivity index (χ3v) is 5.51. The van der Waals surface area contributed by atoms with Crippen LogP contribution in [0, 0.1) is 16.7 Å². The third kappa shape index (κ3) is 2.39. The second-order valence-electron chi connectivity index (χ2n) is 7.49. The highest BCUT2D eigenvalue weighted by atomic mass is 16.1. The predicted octanol–water partition coefficient (Wildman–Crippen LogP) is 4.12. The second kappa shape index (κ2) is 6.21. The number of carbonyl (C=O) groups excluding carboxylic acids is 1. The van der Waals surface area contributed by atoms with Gasteiger partial charge in [-0.15, -0.1) is 0 Å². The molecular weight excluding hydrogens is 348 g/mol. The average Bonchev–Trinajstić information content (AvgIpc) is 3.10. The highest BCUT2D eigenvalue weighted by molar-refractivity contribution is 6.20. The first-order chi connectivity index (χ1) is 13.4. The fourth-order valence-electron chi connectivity index (χ4n) is 4.04. The van der Waals surface area contributed by atoms with Gasteiger partial charge in [-0.25, -0.2) is 0 Å². The zero-order valence-electron chi connectivity index (χ0n) is 16.0. The number of nitrogens with zero attached hydrogens (tertiary/aromatic N) is 1. The number of fused-ring (bicyclic) bond motifs is 4. The number of nitriles is 1. The van der Waals surface area contributed by atoms with Crippen molar-refractivity contribution in [1.82, 2.24) is 10.3 Å². The summed E-state index contributed by atoms with van der Waals surface area (Å²) in [5, 5.41) is 20.7. The van der Waals surface area contributed by atoms with Gasteiger partial charge in [0.2, 0.25) is 0 Å². The summed E-state index contributed by atoms with van der Waals surface area (Å²) in [6.45, 7) is 4.18. The number of aromatic amines is 1. The lowest BCUT2D eigenvalue weighted by molar-refractivity contribution is 0.103. The highest BCUT2D eigenvalue weighted by Gasteiger charge is 2.39. The third-order valence-electron chi connectivity index (χ3n) is 5.51. The molecule has 1 heterocycles. The molecule has 0 aliphatic heterocycles. The number of benzene rings is 2. The van der Waals surface area contributed by atoms with Crippen molar-refractivity contribution in [2.45, 2.75) is 19.3 Å². The maximum atomic E-state index is 13.3. The molecular formula is C23H20N4O. The Morgan fingerprint density at radius 2 is 2.04 bits per heavy atom. The lowest BCUT2D eigenvalue weighted by atomic mass is 9.70. The number of carbonyl (C=O) groups is 1. The van der Waals surface area contributed by atoms with Crippen LogP contribution in [0.3, 0.4) is 0 Å². The van der Waals surface area contributed by atoms with Crippen LogP contribution in [-0.2, 0) is 5.41 Å². The molecule has 0 saturated carbocycles. The first-order valence-corrected chi connectivity index (χ1v) is 9.06. The topological polar surface area (TPSA) is 92.5 Å². The van der Waals surface area contributed by atoms with Gasteiger partial charge >= 0.3 is 0 Å². The fraction of sp³-hybridized carbons (Fsp3) is 0.174. The van der Waals surface area contributed by atoms with Gasteiger partial charge in [0.15, 0.2) is 5.78 Å². The van der Waals surface area contributed by atoms with Gasteiger partial charge in [0, 0.05) is 52.6 Å². The van der Waals surface area contributed by atoms with Crippen molar-refractivity contribution in [3.8, 4) is 6.07 Å². The van der Waals surface area contributed by atoms with Gasteiger partial charge in [-0.2, -0.15) is 5.26 Å². The lowest BCUT2D eigenvalue weighted by Crippen LogP contribution is -2.30. The van der Waals surface area contributed by atoms with Gasteiger partial charge in [-0.3, -0.25) is 4.79 Å². The van der Waals surface area contributed by atoms with Crippen molar-refractivity contribution >= 4 is 28.5 Å². The van der Waals surface area contributed by atoms with Crippen LogP contribution in [-0.4, -0.2) is 24.0 Å². The Labute approximate surface area is 163 Å². The molecule has 0 spiro atoms. The first kappa shape index (κ1) is 17.7. The van der Waals surface area contributed by atoms with Crippen molar-refractivity contribution in [3.63, 3.8) is 0 Å². The quantitative estimate of drug-likeness (QED) is 0.607. The minimum atomic E-state index is -0.423. The van der Waals surface area contributed by atoms with E-state index in [1.165, 1.54) is 6.21 Å². The van der Waals surface area contributed by atoms with Crippen molar-refractivity contribution in [3.05, 3.63) is 76.1 Å². The first-order valence-electron chi connectivity index (χ1n) is 9.06. The molecule has 28 heavy (non-hydrogen) atoms. The maximum Gasteiger partial charge on any atom is 0.195 e. The zero-order chi connectivity index (χ0) is 20.1. The summed E-state index contributed by atoms with van der Waals surface area (Å²) in [5.74, 6) is -0.0131. The lowest BCUT2D eigenvalue weighted by Gasteiger charge is -2.32. The number of allylic oxidation sites excluding steroid dienone is 1. The summed E-state index contributed by atoms with van der Waals surface area (Å²) < 4.78 is 0. The molecule has 5 heteroatoms. The summed E-state index contributed by atoms with van der Waals surface area (Å²) >= 11 is 0. The van der Waals surface area contributed by atoms with Gasteiger partial charge in [-0.05, 0) is 29.3 Å². The van der Waals surface area contributed by atoms with Crippen LogP contribution in [0.25, 0.3) is 16.5 Å². The Hall–Kier alpha value is -3.65. The van der Waals surface area contributed by atoms with Crippen LogP contribution in [0.2, 0.25) is 0 Å². The summed E-state index contributed by atoms with van der Waals surface area (Å²) in [6.07, 6.45) is 3.07. The summed E-state index contributed by atoms with van der Waals surface area (Å²) in [5.41, 5.74) is 5.72. The summed E-state index contributed by atoms with van der Waals surface area (Å²) in [7, 11) is 1.79. The molecule has 138 valence electrons. The van der Waals surface area contributed by atoms with Crippen LogP contribution in [0.5, 0.6) is 0 Å². The van der Waals surface area contributed by atoms with E-state index >= 15 is 0 Å². The summed E-state index contributed by atoms with van der Waals surface area (Å²) in [4.78, 5) is 16.7. The van der Waals surface area contributed by atoms with Crippen LogP contribution in [0.1, 0.15) is 52.2 Å². The molecule has 0 atom stereocenters. The van der Waals surface area contributed by atoms with E-state index in [1.54, 1.807) is 25.4 Å². The van der Waals surface area contributed by atoms with E-state index in [9.17, 15) is 10.1 Å². The molecule has 5 nitrogen and oxygen atoms in total. The highest BCUT2D eigenvalue weighted by Crippen LogP contribution is 2.44. The van der Waals surface area contributed by atoms with Gasteiger partial charge < -0.3 is 15.7 Å². The Morgan fingerprint density at radius 1 is 1.25 bits per heavy atom. The van der Waals surface area contributed by atoms with Crippen molar-refractivity contribution < 1.29 is 4.79 Å². The molecule has 3 N–H and O–H groups in total. The number of ketones is 1. The molecule has 1 aromatic heterocycles. The molecule has 0 unspecified atom stereocenters. The number of nitrogens with one attached hydrogen (secondary N) is 3. The fourth-order valence-corrected chi connectivity index (χ4v) is 4.04. The van der Waals surface area contributed by atoms with Crippen LogP contribution in [0.4, 0.5) is 0 Å². The minimum Gasteiger partial charge on any atom is -0.393 e. The average molecular weight is 368 g/mol. The van der Waals surface area contributed by atoms with Crippen LogP contribution < -0.4 is 5.32 Å².